The van der Waals surface area contributed by atoms with E-state index in [2.05, 4.69) is 0 Å². The van der Waals surface area contributed by atoms with Crippen LogP contribution in [0.4, 0.5) is 10.5 Å². The molecule has 0 radical (unpaired) electrons. The Balaban J connectivity index is 3.01. The highest BCUT2D eigenvalue weighted by atomic mass is 16.4. The average molecular weight is 182 g/mol. The van der Waals surface area contributed by atoms with E-state index in [9.17, 15) is 9.90 Å². The number of hydrogen-bond acceptors (Lipinski definition) is 3. The van der Waals surface area contributed by atoms with Crippen LogP contribution in [0.5, 0.6) is 0 Å². The van der Waals surface area contributed by atoms with Gasteiger partial charge in [0.25, 0.3) is 0 Å². The Morgan fingerprint density at radius 1 is 1.54 bits per heavy atom. The highest BCUT2D eigenvalue weighted by Gasteiger charge is 2.23. The van der Waals surface area contributed by atoms with Gasteiger partial charge in [0.15, 0.2) is 0 Å². The lowest BCUT2D eigenvalue weighted by Crippen LogP contribution is -2.51. The molecule has 0 aliphatic heterocycles. The van der Waals surface area contributed by atoms with Crippen LogP contribution >= 0.6 is 0 Å². The molecule has 0 aliphatic rings. The standard InChI is InChI=1S/C9H13NO3/c1-9(2,3)10(8(11)12)7-4-5-13-6-7/h4-6H,1-3H3,(H,11,12)/p-1. The Labute approximate surface area is 76.8 Å². The molecule has 1 aromatic heterocycles. The molecule has 1 heterocycles. The first-order valence-electron chi connectivity index (χ1n) is 3.96. The summed E-state index contributed by atoms with van der Waals surface area (Å²) in [5.74, 6) is 0. The molecule has 0 spiro atoms. The fourth-order valence-electron chi connectivity index (χ4n) is 1.15. The Bertz CT molecular complexity index is 284. The van der Waals surface area contributed by atoms with Gasteiger partial charge < -0.3 is 19.2 Å². The molecule has 72 valence electrons. The number of amides is 1. The molecule has 0 N–H and O–H groups in total. The van der Waals surface area contributed by atoms with Crippen molar-refractivity contribution in [3.63, 3.8) is 0 Å². The van der Waals surface area contributed by atoms with E-state index in [1.807, 2.05) is 0 Å². The first-order chi connectivity index (χ1) is 5.93. The largest absolute Gasteiger partial charge is 0.530 e. The fourth-order valence-corrected chi connectivity index (χ4v) is 1.15. The smallest absolute Gasteiger partial charge is 0.142 e. The maximum absolute atomic E-state index is 10.8. The third kappa shape index (κ3) is 2.02. The van der Waals surface area contributed by atoms with Gasteiger partial charge in [-0.25, -0.2) is 0 Å². The van der Waals surface area contributed by atoms with Gasteiger partial charge >= 0.3 is 0 Å². The van der Waals surface area contributed by atoms with E-state index in [1.54, 1.807) is 26.8 Å². The van der Waals surface area contributed by atoms with Crippen LogP contribution in [0, 0.1) is 0 Å². The summed E-state index contributed by atoms with van der Waals surface area (Å²) in [4.78, 5) is 12.0. The van der Waals surface area contributed by atoms with Gasteiger partial charge in [-0.1, -0.05) is 0 Å². The molecule has 0 aliphatic carbocycles. The van der Waals surface area contributed by atoms with E-state index in [1.165, 1.54) is 12.5 Å². The van der Waals surface area contributed by atoms with Crippen molar-refractivity contribution in [2.45, 2.75) is 26.3 Å². The summed E-state index contributed by atoms with van der Waals surface area (Å²) >= 11 is 0. The van der Waals surface area contributed by atoms with Crippen LogP contribution in [0.1, 0.15) is 20.8 Å². The molecule has 0 saturated carbocycles. The van der Waals surface area contributed by atoms with Crippen LogP contribution in [0.2, 0.25) is 0 Å². The molecular weight excluding hydrogens is 170 g/mol. The maximum atomic E-state index is 10.8. The topological polar surface area (TPSA) is 56.5 Å². The van der Waals surface area contributed by atoms with E-state index in [4.69, 9.17) is 4.42 Å². The van der Waals surface area contributed by atoms with Gasteiger partial charge in [0.05, 0.1) is 12.0 Å². The van der Waals surface area contributed by atoms with E-state index >= 15 is 0 Å². The number of nitrogens with zero attached hydrogens (tertiary/aromatic N) is 1. The van der Waals surface area contributed by atoms with E-state index in [0.717, 1.165) is 4.90 Å². The number of carbonyl (C=O) groups excluding carboxylic acids is 1. The van der Waals surface area contributed by atoms with Gasteiger partial charge in [-0.15, -0.1) is 0 Å². The predicted molar refractivity (Wildman–Crippen MR) is 46.3 cm³/mol. The molecule has 0 unspecified atom stereocenters. The van der Waals surface area contributed by atoms with Gasteiger partial charge in [-0.3, -0.25) is 0 Å². The Morgan fingerprint density at radius 3 is 2.46 bits per heavy atom. The highest BCUT2D eigenvalue weighted by Crippen LogP contribution is 2.23. The van der Waals surface area contributed by atoms with Crippen LogP contribution in [-0.2, 0) is 0 Å². The zero-order valence-electron chi connectivity index (χ0n) is 7.90. The van der Waals surface area contributed by atoms with Crippen LogP contribution in [0.25, 0.3) is 0 Å². The molecule has 0 fully saturated rings. The minimum Gasteiger partial charge on any atom is -0.530 e. The number of rotatable bonds is 1. The number of carbonyl (C=O) groups is 1. The highest BCUT2D eigenvalue weighted by molar-refractivity contribution is 5.85. The Morgan fingerprint density at radius 2 is 2.15 bits per heavy atom. The Kier molecular flexibility index (Phi) is 2.32. The lowest BCUT2D eigenvalue weighted by Gasteiger charge is -2.36. The molecule has 4 heteroatoms. The van der Waals surface area contributed by atoms with Crippen LogP contribution < -0.4 is 10.0 Å². The second kappa shape index (κ2) is 3.12. The lowest BCUT2D eigenvalue weighted by atomic mass is 10.1. The van der Waals surface area contributed by atoms with Crippen molar-refractivity contribution in [1.82, 2.24) is 0 Å². The molecule has 0 atom stereocenters. The van der Waals surface area contributed by atoms with E-state index in [0.29, 0.717) is 5.69 Å². The van der Waals surface area contributed by atoms with Crippen molar-refractivity contribution in [1.29, 1.82) is 0 Å². The molecule has 13 heavy (non-hydrogen) atoms. The second-order valence-corrected chi connectivity index (χ2v) is 3.75. The van der Waals surface area contributed by atoms with Crippen LogP contribution in [-0.4, -0.2) is 11.6 Å². The first kappa shape index (κ1) is 9.64. The third-order valence-electron chi connectivity index (χ3n) is 1.62. The summed E-state index contributed by atoms with van der Waals surface area (Å²) < 4.78 is 4.81. The Hall–Kier alpha value is -1.45. The van der Waals surface area contributed by atoms with Gasteiger partial charge in [-0.2, -0.15) is 0 Å². The monoisotopic (exact) mass is 182 g/mol. The van der Waals surface area contributed by atoms with Crippen molar-refractivity contribution in [2.24, 2.45) is 0 Å². The van der Waals surface area contributed by atoms with Gasteiger partial charge in [0.2, 0.25) is 0 Å². The SMILES string of the molecule is CC(C)(C)N(C(=O)[O-])c1ccoc1. The summed E-state index contributed by atoms with van der Waals surface area (Å²) in [5.41, 5.74) is -0.0320. The zero-order chi connectivity index (χ0) is 10.1. The van der Waals surface area contributed by atoms with Gasteiger partial charge in [0.1, 0.15) is 12.4 Å². The second-order valence-electron chi connectivity index (χ2n) is 3.75. The van der Waals surface area contributed by atoms with Gasteiger partial charge in [0, 0.05) is 11.6 Å². The molecule has 0 aromatic carbocycles. The van der Waals surface area contributed by atoms with Crippen LogP contribution in [0.3, 0.4) is 0 Å². The summed E-state index contributed by atoms with van der Waals surface area (Å²) in [6, 6.07) is 1.58. The van der Waals surface area contributed by atoms with E-state index < -0.39 is 11.6 Å². The molecular formula is C9H12NO3-. The molecule has 1 amide bonds. The quantitative estimate of drug-likeness (QED) is 0.656. The first-order valence-corrected chi connectivity index (χ1v) is 3.96. The summed E-state index contributed by atoms with van der Waals surface area (Å²) in [6.07, 6.45) is 1.58. The number of furan rings is 1. The molecule has 0 bridgehead atoms. The van der Waals surface area contributed by atoms with Crippen molar-refractivity contribution in [3.8, 4) is 0 Å². The molecule has 1 aromatic rings. The maximum Gasteiger partial charge on any atom is 0.142 e. The van der Waals surface area contributed by atoms with Crippen molar-refractivity contribution >= 4 is 11.8 Å². The minimum atomic E-state index is -1.23. The minimum absolute atomic E-state index is 0.493. The average Bonchev–Trinajstić information content (AvgIpc) is 2.34. The molecule has 0 saturated heterocycles. The molecule has 1 rings (SSSR count). The molecule has 4 nitrogen and oxygen atoms in total. The summed E-state index contributed by atoms with van der Waals surface area (Å²) in [5, 5.41) is 10.8. The summed E-state index contributed by atoms with van der Waals surface area (Å²) in [6.45, 7) is 5.36. The van der Waals surface area contributed by atoms with Crippen molar-refractivity contribution in [2.75, 3.05) is 4.90 Å². The normalized spacial score (nSPS) is 11.3. The predicted octanol–water partition coefficient (Wildman–Crippen LogP) is 1.23. The van der Waals surface area contributed by atoms with Crippen molar-refractivity contribution < 1.29 is 14.3 Å². The number of carboxylic acid groups (broad SMARTS) is 1. The van der Waals surface area contributed by atoms with E-state index in [-0.39, 0.29) is 0 Å². The third-order valence-corrected chi connectivity index (χ3v) is 1.62. The summed E-state index contributed by atoms with van der Waals surface area (Å²) in [7, 11) is 0. The number of hydrogen-bond donors (Lipinski definition) is 0. The zero-order valence-corrected chi connectivity index (χ0v) is 7.90. The van der Waals surface area contributed by atoms with Crippen molar-refractivity contribution in [3.05, 3.63) is 18.6 Å². The number of anilines is 1. The fraction of sp³-hybridized carbons (Fsp3) is 0.444. The lowest BCUT2D eigenvalue weighted by molar-refractivity contribution is -0.247. The van der Waals surface area contributed by atoms with Crippen LogP contribution in [0.15, 0.2) is 23.0 Å². The van der Waals surface area contributed by atoms with Gasteiger partial charge in [-0.05, 0) is 20.8 Å².